The molecular weight excluding hydrogens is 296 g/mol. The quantitative estimate of drug-likeness (QED) is 0.858. The van der Waals surface area contributed by atoms with Crippen LogP contribution in [0, 0.1) is 6.92 Å². The lowest BCUT2D eigenvalue weighted by Gasteiger charge is -2.29. The molecule has 0 saturated carbocycles. The number of fused-ring (bicyclic) bond motifs is 1. The number of hydrogen-bond acceptors (Lipinski definition) is 7. The van der Waals surface area contributed by atoms with Crippen LogP contribution in [0.3, 0.4) is 0 Å². The van der Waals surface area contributed by atoms with Crippen molar-refractivity contribution in [1.29, 1.82) is 0 Å². The average Bonchev–Trinajstić information content (AvgIpc) is 3.04. The standard InChI is InChI=1S/C16H20N4O3/c1-11-2-3-13-16(17-11)22-9-6-20(13)10-14-18-15(23-19-14)12-4-7-21-8-5-12/h2-3,12H,4-10H2,1H3. The first-order chi connectivity index (χ1) is 11.3. The summed E-state index contributed by atoms with van der Waals surface area (Å²) in [6.07, 6.45) is 1.90. The molecule has 0 spiro atoms. The van der Waals surface area contributed by atoms with Gasteiger partial charge in [0.2, 0.25) is 11.8 Å². The van der Waals surface area contributed by atoms with E-state index in [1.54, 1.807) is 0 Å². The van der Waals surface area contributed by atoms with Crippen LogP contribution in [-0.2, 0) is 11.3 Å². The summed E-state index contributed by atoms with van der Waals surface area (Å²) in [5.41, 5.74) is 1.94. The Labute approximate surface area is 134 Å². The zero-order valence-electron chi connectivity index (χ0n) is 13.2. The Morgan fingerprint density at radius 2 is 2.04 bits per heavy atom. The third-order valence-corrected chi connectivity index (χ3v) is 4.31. The predicted molar refractivity (Wildman–Crippen MR) is 82.6 cm³/mol. The van der Waals surface area contributed by atoms with E-state index in [2.05, 4.69) is 20.0 Å². The van der Waals surface area contributed by atoms with Crippen LogP contribution in [0.25, 0.3) is 0 Å². The fourth-order valence-corrected chi connectivity index (χ4v) is 3.02. The highest BCUT2D eigenvalue weighted by molar-refractivity contribution is 5.56. The second-order valence-electron chi connectivity index (χ2n) is 5.98. The molecule has 0 radical (unpaired) electrons. The molecule has 1 fully saturated rings. The maximum Gasteiger partial charge on any atom is 0.237 e. The molecule has 0 aromatic carbocycles. The Bertz CT molecular complexity index is 682. The second kappa shape index (κ2) is 6.16. The van der Waals surface area contributed by atoms with Gasteiger partial charge in [-0.25, -0.2) is 4.98 Å². The molecule has 2 aliphatic heterocycles. The third-order valence-electron chi connectivity index (χ3n) is 4.31. The summed E-state index contributed by atoms with van der Waals surface area (Å²) >= 11 is 0. The van der Waals surface area contributed by atoms with Crippen molar-refractivity contribution in [2.24, 2.45) is 0 Å². The van der Waals surface area contributed by atoms with Crippen molar-refractivity contribution in [3.63, 3.8) is 0 Å². The molecule has 2 aromatic heterocycles. The summed E-state index contributed by atoms with van der Waals surface area (Å²) in [6, 6.07) is 4.03. The monoisotopic (exact) mass is 316 g/mol. The molecule has 4 heterocycles. The van der Waals surface area contributed by atoms with Crippen LogP contribution >= 0.6 is 0 Å². The van der Waals surface area contributed by atoms with Gasteiger partial charge in [0.25, 0.3) is 0 Å². The first-order valence-corrected chi connectivity index (χ1v) is 8.05. The number of rotatable bonds is 3. The molecule has 1 saturated heterocycles. The Morgan fingerprint density at radius 3 is 2.91 bits per heavy atom. The van der Waals surface area contributed by atoms with Crippen molar-refractivity contribution < 1.29 is 14.0 Å². The van der Waals surface area contributed by atoms with Crippen LogP contribution in [0.2, 0.25) is 0 Å². The van der Waals surface area contributed by atoms with Crippen molar-refractivity contribution in [3.05, 3.63) is 29.5 Å². The van der Waals surface area contributed by atoms with E-state index >= 15 is 0 Å². The van der Waals surface area contributed by atoms with Gasteiger partial charge in [-0.1, -0.05) is 5.16 Å². The highest BCUT2D eigenvalue weighted by Gasteiger charge is 2.24. The van der Waals surface area contributed by atoms with Crippen molar-refractivity contribution in [3.8, 4) is 5.88 Å². The topological polar surface area (TPSA) is 73.5 Å². The lowest BCUT2D eigenvalue weighted by atomic mass is 10.0. The summed E-state index contributed by atoms with van der Waals surface area (Å²) in [7, 11) is 0. The van der Waals surface area contributed by atoms with Crippen molar-refractivity contribution in [2.75, 3.05) is 31.3 Å². The Hall–Kier alpha value is -2.15. The number of anilines is 1. The van der Waals surface area contributed by atoms with Crippen LogP contribution in [0.4, 0.5) is 5.69 Å². The first kappa shape index (κ1) is 14.4. The number of pyridine rings is 1. The van der Waals surface area contributed by atoms with Gasteiger partial charge >= 0.3 is 0 Å². The van der Waals surface area contributed by atoms with E-state index in [-0.39, 0.29) is 0 Å². The molecule has 122 valence electrons. The molecular formula is C16H20N4O3. The molecule has 7 heteroatoms. The highest BCUT2D eigenvalue weighted by atomic mass is 16.5. The summed E-state index contributed by atoms with van der Waals surface area (Å²) in [5, 5.41) is 4.15. The third kappa shape index (κ3) is 3.01. The molecule has 2 aromatic rings. The van der Waals surface area contributed by atoms with E-state index in [1.807, 2.05) is 19.1 Å². The van der Waals surface area contributed by atoms with Crippen molar-refractivity contribution in [2.45, 2.75) is 32.2 Å². The van der Waals surface area contributed by atoms with Crippen LogP contribution < -0.4 is 9.64 Å². The van der Waals surface area contributed by atoms with Gasteiger partial charge in [0, 0.05) is 24.8 Å². The minimum atomic E-state index is 0.325. The van der Waals surface area contributed by atoms with E-state index in [0.717, 1.165) is 49.9 Å². The van der Waals surface area contributed by atoms with Gasteiger partial charge in [-0.15, -0.1) is 0 Å². The molecule has 0 atom stereocenters. The summed E-state index contributed by atoms with van der Waals surface area (Å²) in [5.74, 6) is 2.45. The number of hydrogen-bond donors (Lipinski definition) is 0. The summed E-state index contributed by atoms with van der Waals surface area (Å²) < 4.78 is 16.5. The second-order valence-corrected chi connectivity index (χ2v) is 5.98. The van der Waals surface area contributed by atoms with Crippen LogP contribution in [0.1, 0.15) is 36.2 Å². The SMILES string of the molecule is Cc1ccc2c(n1)OCCN2Cc1noc(C2CCOCC2)n1. The smallest absolute Gasteiger partial charge is 0.237 e. The van der Waals surface area contributed by atoms with E-state index in [9.17, 15) is 0 Å². The molecule has 0 bridgehead atoms. The van der Waals surface area contributed by atoms with Gasteiger partial charge < -0.3 is 18.9 Å². The van der Waals surface area contributed by atoms with Crippen LogP contribution in [-0.4, -0.2) is 41.5 Å². The molecule has 0 unspecified atom stereocenters. The number of nitrogens with zero attached hydrogens (tertiary/aromatic N) is 4. The Balaban J connectivity index is 1.50. The molecule has 2 aliphatic rings. The molecule has 0 amide bonds. The fourth-order valence-electron chi connectivity index (χ4n) is 3.02. The zero-order valence-corrected chi connectivity index (χ0v) is 13.2. The van der Waals surface area contributed by atoms with Crippen molar-refractivity contribution >= 4 is 5.69 Å². The number of aromatic nitrogens is 3. The lowest BCUT2D eigenvalue weighted by Crippen LogP contribution is -2.33. The number of aryl methyl sites for hydroxylation is 1. The van der Waals surface area contributed by atoms with E-state index in [1.165, 1.54) is 0 Å². The number of ether oxygens (including phenoxy) is 2. The van der Waals surface area contributed by atoms with Gasteiger partial charge in [0.05, 0.1) is 13.1 Å². The lowest BCUT2D eigenvalue weighted by molar-refractivity contribution is 0.0778. The van der Waals surface area contributed by atoms with Gasteiger partial charge in [0.15, 0.2) is 5.82 Å². The maximum absolute atomic E-state index is 5.64. The Kier molecular flexibility index (Phi) is 3.87. The molecule has 0 N–H and O–H groups in total. The van der Waals surface area contributed by atoms with Crippen LogP contribution in [0.15, 0.2) is 16.7 Å². The minimum absolute atomic E-state index is 0.325. The van der Waals surface area contributed by atoms with Gasteiger partial charge in [0.1, 0.15) is 12.3 Å². The molecule has 4 rings (SSSR count). The molecule has 23 heavy (non-hydrogen) atoms. The average molecular weight is 316 g/mol. The normalized spacial score (nSPS) is 18.6. The maximum atomic E-state index is 5.64. The minimum Gasteiger partial charge on any atom is -0.474 e. The van der Waals surface area contributed by atoms with E-state index < -0.39 is 0 Å². The van der Waals surface area contributed by atoms with Gasteiger partial charge in [-0.3, -0.25) is 0 Å². The van der Waals surface area contributed by atoms with E-state index in [4.69, 9.17) is 14.0 Å². The molecule has 7 nitrogen and oxygen atoms in total. The van der Waals surface area contributed by atoms with Crippen LogP contribution in [0.5, 0.6) is 5.88 Å². The zero-order chi connectivity index (χ0) is 15.6. The predicted octanol–water partition coefficient (Wildman–Crippen LogP) is 2.07. The van der Waals surface area contributed by atoms with Gasteiger partial charge in [-0.2, -0.15) is 4.98 Å². The van der Waals surface area contributed by atoms with E-state index in [0.29, 0.717) is 30.8 Å². The largest absolute Gasteiger partial charge is 0.474 e. The summed E-state index contributed by atoms with van der Waals surface area (Å²) in [6.45, 7) is 5.51. The fraction of sp³-hybridized carbons (Fsp3) is 0.562. The molecule has 0 aliphatic carbocycles. The van der Waals surface area contributed by atoms with Gasteiger partial charge in [-0.05, 0) is 31.9 Å². The highest BCUT2D eigenvalue weighted by Crippen LogP contribution is 2.31. The summed E-state index contributed by atoms with van der Waals surface area (Å²) in [4.78, 5) is 11.2. The Morgan fingerprint density at radius 1 is 1.17 bits per heavy atom. The first-order valence-electron chi connectivity index (χ1n) is 8.05. The van der Waals surface area contributed by atoms with Crippen molar-refractivity contribution in [1.82, 2.24) is 15.1 Å².